The maximum absolute atomic E-state index is 12.5. The van der Waals surface area contributed by atoms with Gasteiger partial charge in [-0.05, 0) is 59.5 Å². The van der Waals surface area contributed by atoms with E-state index in [0.29, 0.717) is 22.7 Å². The lowest BCUT2D eigenvalue weighted by Crippen LogP contribution is -2.46. The van der Waals surface area contributed by atoms with Gasteiger partial charge >= 0.3 is 0 Å². The molecule has 10 nitrogen and oxygen atoms in total. The highest BCUT2D eigenvalue weighted by Crippen LogP contribution is 2.15. The Hall–Kier alpha value is -2.83. The lowest BCUT2D eigenvalue weighted by atomic mass is 10.1. The number of aromatic nitrogens is 2. The molecule has 1 atom stereocenters. The van der Waals surface area contributed by atoms with E-state index in [1.165, 1.54) is 5.56 Å². The highest BCUT2D eigenvalue weighted by atomic mass is 127. The molecule has 0 fully saturated rings. The monoisotopic (exact) mass is 554 g/mol. The standard InChI is InChI=1S/C21H31IN8O2/c1-3-5-14(12-27-20(31)16-18(23)30-19(24)17(22)29-16)28-21(25)26-11-4-6-13-7-9-15(32-2)10-8-13/h7-10,14H,3-6,11-12H2,1-2H3,(H,27,31)(H4,23,24,30)(H3,25,26,28)/t14-/m0/s1. The van der Waals surface area contributed by atoms with Gasteiger partial charge in [0.05, 0.1) is 7.11 Å². The van der Waals surface area contributed by atoms with Gasteiger partial charge in [-0.2, -0.15) is 0 Å². The third-order valence-corrected chi connectivity index (χ3v) is 5.48. The summed E-state index contributed by atoms with van der Waals surface area (Å²) in [7, 11) is 1.65. The number of methoxy groups -OCH3 is 1. The second-order valence-electron chi connectivity index (χ2n) is 7.19. The summed E-state index contributed by atoms with van der Waals surface area (Å²) in [6, 6.07) is 7.91. The molecular weight excluding hydrogens is 523 g/mol. The summed E-state index contributed by atoms with van der Waals surface area (Å²) in [6.07, 6.45) is 3.50. The van der Waals surface area contributed by atoms with Crippen molar-refractivity contribution < 1.29 is 9.53 Å². The number of halogens is 1. The van der Waals surface area contributed by atoms with Crippen molar-refractivity contribution in [3.05, 3.63) is 39.2 Å². The van der Waals surface area contributed by atoms with Crippen LogP contribution in [-0.4, -0.2) is 48.1 Å². The van der Waals surface area contributed by atoms with Crippen LogP contribution in [0.4, 0.5) is 11.6 Å². The van der Waals surface area contributed by atoms with Crippen LogP contribution in [0.25, 0.3) is 0 Å². The van der Waals surface area contributed by atoms with Gasteiger partial charge in [-0.3, -0.25) is 9.79 Å². The van der Waals surface area contributed by atoms with Crippen LogP contribution >= 0.6 is 22.6 Å². The van der Waals surface area contributed by atoms with E-state index < -0.39 is 5.91 Å². The highest BCUT2D eigenvalue weighted by molar-refractivity contribution is 14.1. The number of nitrogens with one attached hydrogen (secondary N) is 2. The highest BCUT2D eigenvalue weighted by Gasteiger charge is 2.17. The molecule has 1 aromatic carbocycles. The van der Waals surface area contributed by atoms with Crippen molar-refractivity contribution in [3.8, 4) is 5.75 Å². The Bertz CT molecular complexity index is 921. The van der Waals surface area contributed by atoms with Gasteiger partial charge in [-0.1, -0.05) is 25.5 Å². The maximum atomic E-state index is 12.5. The number of rotatable bonds is 11. The molecule has 11 heteroatoms. The molecule has 0 spiro atoms. The smallest absolute Gasteiger partial charge is 0.273 e. The molecule has 1 amide bonds. The summed E-state index contributed by atoms with van der Waals surface area (Å²) >= 11 is 1.91. The van der Waals surface area contributed by atoms with E-state index in [9.17, 15) is 4.79 Å². The van der Waals surface area contributed by atoms with Crippen molar-refractivity contribution in [2.45, 2.75) is 38.6 Å². The minimum atomic E-state index is -0.411. The van der Waals surface area contributed by atoms with Crippen molar-refractivity contribution in [1.29, 1.82) is 0 Å². The molecule has 2 rings (SSSR count). The second kappa shape index (κ2) is 12.9. The zero-order chi connectivity index (χ0) is 23.5. The Morgan fingerprint density at radius 1 is 1.22 bits per heavy atom. The Labute approximate surface area is 201 Å². The van der Waals surface area contributed by atoms with Crippen molar-refractivity contribution in [2.75, 3.05) is 31.7 Å². The summed E-state index contributed by atoms with van der Waals surface area (Å²) in [6.45, 7) is 3.01. The first-order valence-electron chi connectivity index (χ1n) is 10.4. The van der Waals surface area contributed by atoms with Crippen molar-refractivity contribution in [2.24, 2.45) is 10.7 Å². The van der Waals surface area contributed by atoms with E-state index in [1.807, 2.05) is 46.9 Å². The van der Waals surface area contributed by atoms with Gasteiger partial charge in [0.1, 0.15) is 9.45 Å². The van der Waals surface area contributed by atoms with E-state index in [-0.39, 0.29) is 23.4 Å². The van der Waals surface area contributed by atoms with E-state index in [2.05, 4.69) is 32.5 Å². The van der Waals surface area contributed by atoms with E-state index in [0.717, 1.165) is 31.4 Å². The number of ether oxygens (including phenoxy) is 1. The fourth-order valence-corrected chi connectivity index (χ4v) is 3.37. The van der Waals surface area contributed by atoms with Crippen molar-refractivity contribution >= 4 is 46.1 Å². The van der Waals surface area contributed by atoms with Gasteiger partial charge in [0.25, 0.3) is 5.91 Å². The Kier molecular flexibility index (Phi) is 10.2. The average molecular weight is 554 g/mol. The average Bonchev–Trinajstić information content (AvgIpc) is 2.78. The summed E-state index contributed by atoms with van der Waals surface area (Å²) in [5, 5.41) is 6.01. The molecule has 2 aromatic rings. The molecule has 0 aliphatic heterocycles. The Morgan fingerprint density at radius 3 is 2.59 bits per heavy atom. The molecule has 0 unspecified atom stereocenters. The van der Waals surface area contributed by atoms with E-state index >= 15 is 0 Å². The number of carbonyl (C=O) groups is 1. The second-order valence-corrected chi connectivity index (χ2v) is 8.21. The number of nitrogens with zero attached hydrogens (tertiary/aromatic N) is 3. The first-order chi connectivity index (χ1) is 15.3. The van der Waals surface area contributed by atoms with Crippen LogP contribution in [0.3, 0.4) is 0 Å². The van der Waals surface area contributed by atoms with Crippen molar-refractivity contribution in [3.63, 3.8) is 0 Å². The molecule has 0 saturated heterocycles. The van der Waals surface area contributed by atoms with E-state index in [1.54, 1.807) is 7.11 Å². The molecule has 32 heavy (non-hydrogen) atoms. The van der Waals surface area contributed by atoms with Crippen LogP contribution in [0.5, 0.6) is 5.75 Å². The summed E-state index contributed by atoms with van der Waals surface area (Å²) in [5.74, 6) is 0.981. The number of amides is 1. The summed E-state index contributed by atoms with van der Waals surface area (Å²) in [4.78, 5) is 24.9. The van der Waals surface area contributed by atoms with Gasteiger partial charge in [0.2, 0.25) is 0 Å². The summed E-state index contributed by atoms with van der Waals surface area (Å²) in [5.41, 5.74) is 18.8. The Balaban J connectivity index is 1.83. The van der Waals surface area contributed by atoms with Gasteiger partial charge in [-0.25, -0.2) is 9.97 Å². The molecule has 0 aliphatic rings. The normalized spacial score (nSPS) is 12.3. The van der Waals surface area contributed by atoms with Crippen LogP contribution in [0.1, 0.15) is 42.2 Å². The molecule has 174 valence electrons. The van der Waals surface area contributed by atoms with Gasteiger partial charge in [0.15, 0.2) is 23.3 Å². The molecule has 0 saturated carbocycles. The number of benzene rings is 1. The molecule has 1 heterocycles. The summed E-state index contributed by atoms with van der Waals surface area (Å²) < 4.78 is 5.59. The van der Waals surface area contributed by atoms with Crippen LogP contribution in [0.15, 0.2) is 29.3 Å². The van der Waals surface area contributed by atoms with Crippen LogP contribution < -0.4 is 32.6 Å². The number of hydrogen-bond acceptors (Lipinski definition) is 7. The van der Waals surface area contributed by atoms with Gasteiger partial charge in [-0.15, -0.1) is 0 Å². The number of carbonyl (C=O) groups excluding carboxylic acids is 1. The van der Waals surface area contributed by atoms with Crippen LogP contribution in [0.2, 0.25) is 0 Å². The molecule has 0 aliphatic carbocycles. The molecule has 0 radical (unpaired) electrons. The van der Waals surface area contributed by atoms with E-state index in [4.69, 9.17) is 21.9 Å². The fraction of sp³-hybridized carbons (Fsp3) is 0.429. The lowest BCUT2D eigenvalue weighted by molar-refractivity contribution is 0.0945. The first-order valence-corrected chi connectivity index (χ1v) is 11.5. The number of anilines is 2. The lowest BCUT2D eigenvalue weighted by Gasteiger charge is -2.19. The largest absolute Gasteiger partial charge is 0.497 e. The SMILES string of the molecule is CCC[C@@H](CNC(=O)c1nc(I)c(N)nc1N)NC(N)=NCCCc1ccc(OC)cc1. The number of aryl methyl sites for hydroxylation is 1. The molecule has 1 aromatic heterocycles. The number of aliphatic imine (C=N–C) groups is 1. The molecular formula is C21H31IN8O2. The maximum Gasteiger partial charge on any atom is 0.273 e. The predicted octanol–water partition coefficient (Wildman–Crippen LogP) is 1.69. The quantitative estimate of drug-likeness (QED) is 0.121. The fourth-order valence-electron chi connectivity index (χ4n) is 3.01. The van der Waals surface area contributed by atoms with Crippen LogP contribution in [-0.2, 0) is 6.42 Å². The Morgan fingerprint density at radius 2 is 1.94 bits per heavy atom. The molecule has 8 N–H and O–H groups in total. The first kappa shape index (κ1) is 25.4. The zero-order valence-corrected chi connectivity index (χ0v) is 20.6. The minimum Gasteiger partial charge on any atom is -0.497 e. The minimum absolute atomic E-state index is 0.00152. The predicted molar refractivity (Wildman–Crippen MR) is 136 cm³/mol. The van der Waals surface area contributed by atoms with Gasteiger partial charge in [0, 0.05) is 19.1 Å². The van der Waals surface area contributed by atoms with Crippen molar-refractivity contribution in [1.82, 2.24) is 20.6 Å². The third kappa shape index (κ3) is 8.02. The number of nitrogen functional groups attached to an aromatic ring is 2. The topological polar surface area (TPSA) is 167 Å². The van der Waals surface area contributed by atoms with Crippen LogP contribution in [0, 0.1) is 3.70 Å². The van der Waals surface area contributed by atoms with Gasteiger partial charge < -0.3 is 32.6 Å². The number of hydrogen-bond donors (Lipinski definition) is 5. The molecule has 0 bridgehead atoms. The number of nitrogens with two attached hydrogens (primary N) is 3. The third-order valence-electron chi connectivity index (χ3n) is 4.68. The zero-order valence-electron chi connectivity index (χ0n) is 18.4. The number of guanidine groups is 1.